The van der Waals surface area contributed by atoms with Crippen molar-refractivity contribution in [2.75, 3.05) is 0 Å². The Hall–Kier alpha value is -1.81. The summed E-state index contributed by atoms with van der Waals surface area (Å²) >= 11 is 5.98. The molecule has 0 spiro atoms. The van der Waals surface area contributed by atoms with Crippen LogP contribution in [-0.4, -0.2) is 15.6 Å². The van der Waals surface area contributed by atoms with Crippen LogP contribution in [0.4, 0.5) is 0 Å². The number of nitrogens with zero attached hydrogens (tertiary/aromatic N) is 1. The van der Waals surface area contributed by atoms with Crippen LogP contribution in [0.5, 0.6) is 0 Å². The Balaban J connectivity index is 3.05. The van der Waals surface area contributed by atoms with Crippen LogP contribution in [-0.2, 0) is 6.54 Å². The second kappa shape index (κ2) is 4.22. The van der Waals surface area contributed by atoms with E-state index in [0.717, 1.165) is 0 Å². The standard InChI is InChI=1S/C12H10ClNO3/c1-2-14-8-6-4-3-5-7(8)10(13)9(11(14)15)12(16)17/h3-6H,2H2,1H3,(H,16,17). The number of hydrogen-bond donors (Lipinski definition) is 1. The molecule has 0 aliphatic carbocycles. The first-order valence-electron chi connectivity index (χ1n) is 5.12. The Bertz CT molecular complexity index is 661. The summed E-state index contributed by atoms with van der Waals surface area (Å²) in [6.07, 6.45) is 0. The molecule has 1 aromatic carbocycles. The Morgan fingerprint density at radius 1 is 1.41 bits per heavy atom. The number of aromatic carboxylic acids is 1. The van der Waals surface area contributed by atoms with Gasteiger partial charge in [0.25, 0.3) is 5.56 Å². The molecule has 1 aromatic heterocycles. The first-order chi connectivity index (χ1) is 8.07. The van der Waals surface area contributed by atoms with Gasteiger partial charge < -0.3 is 9.67 Å². The average Bonchev–Trinajstić information content (AvgIpc) is 2.29. The van der Waals surface area contributed by atoms with Crippen LogP contribution in [0.3, 0.4) is 0 Å². The fourth-order valence-electron chi connectivity index (χ4n) is 1.87. The van der Waals surface area contributed by atoms with E-state index in [0.29, 0.717) is 17.4 Å². The molecule has 1 N–H and O–H groups in total. The molecule has 0 saturated carbocycles. The normalized spacial score (nSPS) is 10.7. The van der Waals surface area contributed by atoms with E-state index in [2.05, 4.69) is 0 Å². The molecule has 2 rings (SSSR count). The monoisotopic (exact) mass is 251 g/mol. The minimum Gasteiger partial charge on any atom is -0.477 e. The minimum absolute atomic E-state index is 0.00259. The number of carbonyl (C=O) groups is 1. The van der Waals surface area contributed by atoms with Crippen molar-refractivity contribution in [1.29, 1.82) is 0 Å². The maximum Gasteiger partial charge on any atom is 0.342 e. The highest BCUT2D eigenvalue weighted by Gasteiger charge is 2.19. The zero-order chi connectivity index (χ0) is 12.6. The number of aryl methyl sites for hydroxylation is 1. The third-order valence-electron chi connectivity index (χ3n) is 2.64. The second-order valence-electron chi connectivity index (χ2n) is 3.56. The molecule has 0 fully saturated rings. The van der Waals surface area contributed by atoms with Gasteiger partial charge in [0.05, 0.1) is 10.5 Å². The first kappa shape index (κ1) is 11.7. The van der Waals surface area contributed by atoms with E-state index in [1.807, 2.05) is 0 Å². The Labute approximate surface area is 102 Å². The fraction of sp³-hybridized carbons (Fsp3) is 0.167. The molecule has 88 valence electrons. The molecule has 0 radical (unpaired) electrons. The van der Waals surface area contributed by atoms with Crippen molar-refractivity contribution in [3.63, 3.8) is 0 Å². The lowest BCUT2D eigenvalue weighted by atomic mass is 10.1. The number of para-hydroxylation sites is 1. The summed E-state index contributed by atoms with van der Waals surface area (Å²) in [4.78, 5) is 23.0. The number of pyridine rings is 1. The number of carboxylic acid groups (broad SMARTS) is 1. The number of fused-ring (bicyclic) bond motifs is 1. The van der Waals surface area contributed by atoms with Gasteiger partial charge in [0.1, 0.15) is 5.56 Å². The highest BCUT2D eigenvalue weighted by molar-refractivity contribution is 6.38. The predicted molar refractivity (Wildman–Crippen MR) is 65.9 cm³/mol. The van der Waals surface area contributed by atoms with Crippen LogP contribution in [0.15, 0.2) is 29.1 Å². The lowest BCUT2D eigenvalue weighted by Gasteiger charge is -2.11. The van der Waals surface area contributed by atoms with Gasteiger partial charge in [0.2, 0.25) is 0 Å². The van der Waals surface area contributed by atoms with Gasteiger partial charge in [0, 0.05) is 11.9 Å². The molecular weight excluding hydrogens is 242 g/mol. The smallest absolute Gasteiger partial charge is 0.342 e. The Morgan fingerprint density at radius 2 is 2.06 bits per heavy atom. The third-order valence-corrected chi connectivity index (χ3v) is 3.03. The fourth-order valence-corrected chi connectivity index (χ4v) is 2.19. The van der Waals surface area contributed by atoms with Crippen molar-refractivity contribution < 1.29 is 9.90 Å². The van der Waals surface area contributed by atoms with E-state index >= 15 is 0 Å². The Morgan fingerprint density at radius 3 is 2.65 bits per heavy atom. The predicted octanol–water partition coefficient (Wildman–Crippen LogP) is 2.37. The van der Waals surface area contributed by atoms with Crippen molar-refractivity contribution in [1.82, 2.24) is 4.57 Å². The molecule has 4 nitrogen and oxygen atoms in total. The lowest BCUT2D eigenvalue weighted by Crippen LogP contribution is -2.26. The van der Waals surface area contributed by atoms with Gasteiger partial charge in [0.15, 0.2) is 0 Å². The number of halogens is 1. The van der Waals surface area contributed by atoms with E-state index in [-0.39, 0.29) is 10.6 Å². The molecule has 0 atom stereocenters. The lowest BCUT2D eigenvalue weighted by molar-refractivity contribution is 0.0694. The van der Waals surface area contributed by atoms with Gasteiger partial charge in [-0.15, -0.1) is 0 Å². The van der Waals surface area contributed by atoms with Gasteiger partial charge in [-0.05, 0) is 13.0 Å². The quantitative estimate of drug-likeness (QED) is 0.891. The van der Waals surface area contributed by atoms with E-state index in [4.69, 9.17) is 16.7 Å². The van der Waals surface area contributed by atoms with E-state index in [1.54, 1.807) is 31.2 Å². The Kier molecular flexibility index (Phi) is 2.90. The molecule has 0 saturated heterocycles. The highest BCUT2D eigenvalue weighted by atomic mass is 35.5. The summed E-state index contributed by atoms with van der Waals surface area (Å²) in [7, 11) is 0. The summed E-state index contributed by atoms with van der Waals surface area (Å²) < 4.78 is 1.41. The SMILES string of the molecule is CCn1c(=O)c(C(=O)O)c(Cl)c2ccccc21. The molecule has 0 bridgehead atoms. The second-order valence-corrected chi connectivity index (χ2v) is 3.94. The molecule has 17 heavy (non-hydrogen) atoms. The number of rotatable bonds is 2. The molecule has 0 aliphatic rings. The summed E-state index contributed by atoms with van der Waals surface area (Å²) in [6.45, 7) is 2.18. The van der Waals surface area contributed by atoms with Crippen LogP contribution >= 0.6 is 11.6 Å². The van der Waals surface area contributed by atoms with Crippen molar-refractivity contribution in [3.05, 3.63) is 45.2 Å². The van der Waals surface area contributed by atoms with Crippen LogP contribution in [0.2, 0.25) is 5.02 Å². The zero-order valence-corrected chi connectivity index (χ0v) is 9.86. The van der Waals surface area contributed by atoms with Crippen LogP contribution in [0.25, 0.3) is 10.9 Å². The van der Waals surface area contributed by atoms with Crippen LogP contribution in [0.1, 0.15) is 17.3 Å². The van der Waals surface area contributed by atoms with Crippen molar-refractivity contribution in [3.8, 4) is 0 Å². The van der Waals surface area contributed by atoms with Crippen LogP contribution in [0, 0.1) is 0 Å². The third kappa shape index (κ3) is 1.70. The molecule has 0 aliphatic heterocycles. The minimum atomic E-state index is -1.30. The number of aromatic nitrogens is 1. The first-order valence-corrected chi connectivity index (χ1v) is 5.50. The van der Waals surface area contributed by atoms with Crippen molar-refractivity contribution in [2.24, 2.45) is 0 Å². The summed E-state index contributed by atoms with van der Waals surface area (Å²) in [5.41, 5.74) is -0.286. The summed E-state index contributed by atoms with van der Waals surface area (Å²) in [5, 5.41) is 9.61. The van der Waals surface area contributed by atoms with E-state index in [9.17, 15) is 9.59 Å². The van der Waals surface area contributed by atoms with Gasteiger partial charge >= 0.3 is 5.97 Å². The number of benzene rings is 1. The zero-order valence-electron chi connectivity index (χ0n) is 9.11. The van der Waals surface area contributed by atoms with E-state index < -0.39 is 11.5 Å². The number of hydrogen-bond acceptors (Lipinski definition) is 2. The van der Waals surface area contributed by atoms with Crippen molar-refractivity contribution in [2.45, 2.75) is 13.5 Å². The van der Waals surface area contributed by atoms with Crippen LogP contribution < -0.4 is 5.56 Å². The number of carboxylic acids is 1. The highest BCUT2D eigenvalue weighted by Crippen LogP contribution is 2.24. The maximum atomic E-state index is 12.0. The molecule has 0 unspecified atom stereocenters. The van der Waals surface area contributed by atoms with Gasteiger partial charge in [-0.25, -0.2) is 4.79 Å². The summed E-state index contributed by atoms with van der Waals surface area (Å²) in [5.74, 6) is -1.30. The van der Waals surface area contributed by atoms with Crippen molar-refractivity contribution >= 4 is 28.5 Å². The van der Waals surface area contributed by atoms with Gasteiger partial charge in [-0.2, -0.15) is 0 Å². The van der Waals surface area contributed by atoms with Gasteiger partial charge in [-0.1, -0.05) is 29.8 Å². The molecule has 1 heterocycles. The largest absolute Gasteiger partial charge is 0.477 e. The topological polar surface area (TPSA) is 59.3 Å². The molecule has 0 amide bonds. The molecular formula is C12H10ClNO3. The molecule has 2 aromatic rings. The van der Waals surface area contributed by atoms with Gasteiger partial charge in [-0.3, -0.25) is 4.79 Å². The summed E-state index contributed by atoms with van der Waals surface area (Å²) in [6, 6.07) is 6.99. The van der Waals surface area contributed by atoms with E-state index in [1.165, 1.54) is 4.57 Å². The molecule has 5 heteroatoms. The average molecular weight is 252 g/mol. The maximum absolute atomic E-state index is 12.0.